The zero-order valence-corrected chi connectivity index (χ0v) is 21.0. The van der Waals surface area contributed by atoms with Gasteiger partial charge in [-0.2, -0.15) is 5.09 Å². The van der Waals surface area contributed by atoms with Gasteiger partial charge in [0.1, 0.15) is 18.0 Å². The molecule has 36 heavy (non-hydrogen) atoms. The van der Waals surface area contributed by atoms with Crippen molar-refractivity contribution in [1.82, 2.24) is 14.6 Å². The summed E-state index contributed by atoms with van der Waals surface area (Å²) in [6.45, 7) is 4.45. The quantitative estimate of drug-likeness (QED) is 0.155. The Morgan fingerprint density at radius 3 is 2.69 bits per heavy atom. The van der Waals surface area contributed by atoms with Crippen LogP contribution in [0.4, 0.5) is 0 Å². The number of hydrogen-bond donors (Lipinski definition) is 2. The molecular formula is C21H27N6O8P. The second-order valence-corrected chi connectivity index (χ2v) is 9.88. The van der Waals surface area contributed by atoms with Crippen molar-refractivity contribution in [2.75, 3.05) is 13.7 Å². The van der Waals surface area contributed by atoms with Crippen molar-refractivity contribution < 1.29 is 27.9 Å². The summed E-state index contributed by atoms with van der Waals surface area (Å²) in [5.74, 6) is -0.469. The standard InChI is InChI=1S/C21H27N6O8P/c1-12-5-7-15(8-6-12)35-36(31,25-14(3)20(29)32-4)33-11-17-16(24-26-22)9-18(34-17)27-10-13(2)19(28)23-21(27)30/h5-8,10,14,16-18H,9,11H2,1-4H3,(H,25,31)(H,23,28,30)/t14?,16?,17-,18-,36?/m1/s1. The molecule has 15 heteroatoms. The molecule has 0 amide bonds. The van der Waals surface area contributed by atoms with Crippen LogP contribution in [-0.4, -0.2) is 47.4 Å². The smallest absolute Gasteiger partial charge is 0.459 e. The number of carbonyl (C=O) groups is 1. The number of esters is 1. The molecule has 0 aliphatic carbocycles. The van der Waals surface area contributed by atoms with E-state index in [2.05, 4.69) is 24.8 Å². The number of H-pyrrole nitrogens is 1. The van der Waals surface area contributed by atoms with E-state index >= 15 is 0 Å². The van der Waals surface area contributed by atoms with E-state index in [1.807, 2.05) is 6.92 Å². The SMILES string of the molecule is COC(=O)C(C)NP(=O)(OC[C@H]1O[C@@H](n2cc(C)c(=O)[nH]c2=O)CC1N=[N+]=[N-])Oc1ccc(C)cc1. The van der Waals surface area contributed by atoms with Crippen molar-refractivity contribution in [3.8, 4) is 5.75 Å². The molecule has 0 bridgehead atoms. The Bertz CT molecular complexity index is 1300. The summed E-state index contributed by atoms with van der Waals surface area (Å²) in [7, 11) is -2.99. The first kappa shape index (κ1) is 27.2. The number of aryl methyl sites for hydroxylation is 2. The normalized spacial score (nSPS) is 21.7. The van der Waals surface area contributed by atoms with Crippen LogP contribution >= 0.6 is 7.75 Å². The van der Waals surface area contributed by atoms with E-state index in [-0.39, 0.29) is 24.3 Å². The van der Waals surface area contributed by atoms with Crippen LogP contribution in [0, 0.1) is 13.8 Å². The van der Waals surface area contributed by atoms with Gasteiger partial charge >= 0.3 is 19.4 Å². The van der Waals surface area contributed by atoms with Crippen molar-refractivity contribution in [3.63, 3.8) is 0 Å². The number of hydrogen-bond acceptors (Lipinski definition) is 9. The molecule has 1 aromatic heterocycles. The summed E-state index contributed by atoms with van der Waals surface area (Å²) in [6, 6.07) is 4.84. The molecule has 3 rings (SSSR count). The number of benzene rings is 1. The van der Waals surface area contributed by atoms with Crippen LogP contribution in [-0.2, 0) is 23.4 Å². The van der Waals surface area contributed by atoms with Gasteiger partial charge in [-0.1, -0.05) is 22.8 Å². The van der Waals surface area contributed by atoms with E-state index in [9.17, 15) is 18.9 Å². The minimum absolute atomic E-state index is 0.0958. The van der Waals surface area contributed by atoms with E-state index in [1.165, 1.54) is 31.7 Å². The highest BCUT2D eigenvalue weighted by atomic mass is 31.2. The number of azide groups is 1. The first-order valence-electron chi connectivity index (χ1n) is 10.9. The van der Waals surface area contributed by atoms with E-state index in [1.54, 1.807) is 24.3 Å². The topological polar surface area (TPSA) is 187 Å². The van der Waals surface area contributed by atoms with E-state index < -0.39 is 49.4 Å². The first-order valence-corrected chi connectivity index (χ1v) is 12.5. The lowest BCUT2D eigenvalue weighted by Gasteiger charge is -2.24. The highest BCUT2D eigenvalue weighted by molar-refractivity contribution is 7.52. The number of carbonyl (C=O) groups excluding carboxylic acids is 1. The highest BCUT2D eigenvalue weighted by Crippen LogP contribution is 2.46. The molecular weight excluding hydrogens is 495 g/mol. The largest absolute Gasteiger partial charge is 0.468 e. The number of aromatic amines is 1. The molecule has 0 spiro atoms. The lowest BCUT2D eigenvalue weighted by atomic mass is 10.1. The molecule has 2 heterocycles. The fourth-order valence-corrected chi connectivity index (χ4v) is 4.99. The highest BCUT2D eigenvalue weighted by Gasteiger charge is 2.40. The van der Waals surface area contributed by atoms with Crippen LogP contribution < -0.4 is 20.9 Å². The van der Waals surface area contributed by atoms with Gasteiger partial charge in [0.05, 0.1) is 25.9 Å². The Hall–Kier alpha value is -3.41. The minimum atomic E-state index is -4.17. The van der Waals surface area contributed by atoms with Gasteiger partial charge < -0.3 is 14.0 Å². The Kier molecular flexibility index (Phi) is 8.72. The van der Waals surface area contributed by atoms with Gasteiger partial charge in [-0.3, -0.25) is 23.7 Å². The third-order valence-corrected chi connectivity index (χ3v) is 7.07. The maximum atomic E-state index is 13.6. The molecule has 1 aromatic carbocycles. The molecule has 194 valence electrons. The van der Waals surface area contributed by atoms with Crippen LogP contribution in [0.15, 0.2) is 45.2 Å². The zero-order chi connectivity index (χ0) is 26.5. The number of rotatable bonds is 10. The Morgan fingerprint density at radius 2 is 2.06 bits per heavy atom. The monoisotopic (exact) mass is 522 g/mol. The lowest BCUT2D eigenvalue weighted by Crippen LogP contribution is -2.36. The van der Waals surface area contributed by atoms with Crippen LogP contribution in [0.2, 0.25) is 0 Å². The van der Waals surface area contributed by atoms with Gasteiger partial charge in [-0.05, 0) is 38.4 Å². The maximum absolute atomic E-state index is 13.6. The summed E-state index contributed by atoms with van der Waals surface area (Å²) in [5.41, 5.74) is 9.00. The van der Waals surface area contributed by atoms with Crippen LogP contribution in [0.1, 0.15) is 30.7 Å². The predicted molar refractivity (Wildman–Crippen MR) is 127 cm³/mol. The van der Waals surface area contributed by atoms with Crippen molar-refractivity contribution >= 4 is 13.7 Å². The summed E-state index contributed by atoms with van der Waals surface area (Å²) in [6.07, 6.45) is -0.363. The van der Waals surface area contributed by atoms with Crippen molar-refractivity contribution in [2.45, 2.75) is 51.6 Å². The van der Waals surface area contributed by atoms with Crippen LogP contribution in [0.3, 0.4) is 0 Å². The molecule has 1 saturated heterocycles. The molecule has 14 nitrogen and oxygen atoms in total. The Balaban J connectivity index is 1.82. The number of ether oxygens (including phenoxy) is 2. The molecule has 1 fully saturated rings. The zero-order valence-electron chi connectivity index (χ0n) is 20.1. The molecule has 2 aromatic rings. The molecule has 1 aliphatic rings. The minimum Gasteiger partial charge on any atom is -0.468 e. The molecule has 5 atom stereocenters. The van der Waals surface area contributed by atoms with Crippen LogP contribution in [0.5, 0.6) is 5.75 Å². The molecule has 3 unspecified atom stereocenters. The summed E-state index contributed by atoms with van der Waals surface area (Å²) < 4.78 is 36.5. The van der Waals surface area contributed by atoms with Crippen LogP contribution in [0.25, 0.3) is 10.4 Å². The van der Waals surface area contributed by atoms with Gasteiger partial charge in [0.15, 0.2) is 0 Å². The first-order chi connectivity index (χ1) is 17.0. The lowest BCUT2D eigenvalue weighted by molar-refractivity contribution is -0.142. The molecule has 2 N–H and O–H groups in total. The van der Waals surface area contributed by atoms with E-state index in [0.717, 1.165) is 5.56 Å². The predicted octanol–water partition coefficient (Wildman–Crippen LogP) is 2.47. The maximum Gasteiger partial charge on any atom is 0.459 e. The second-order valence-electron chi connectivity index (χ2n) is 8.19. The molecule has 0 radical (unpaired) electrons. The summed E-state index contributed by atoms with van der Waals surface area (Å²) in [4.78, 5) is 40.9. The van der Waals surface area contributed by atoms with Gasteiger partial charge in [0.2, 0.25) is 0 Å². The van der Waals surface area contributed by atoms with E-state index in [4.69, 9.17) is 19.3 Å². The van der Waals surface area contributed by atoms with Gasteiger partial charge in [-0.15, -0.1) is 0 Å². The Labute approximate surface area is 205 Å². The van der Waals surface area contributed by atoms with E-state index in [0.29, 0.717) is 0 Å². The fourth-order valence-electron chi connectivity index (χ4n) is 3.49. The number of nitrogens with zero attached hydrogens (tertiary/aromatic N) is 4. The third kappa shape index (κ3) is 6.62. The average molecular weight is 522 g/mol. The number of aromatic nitrogens is 2. The summed E-state index contributed by atoms with van der Waals surface area (Å²) >= 11 is 0. The van der Waals surface area contributed by atoms with Gasteiger partial charge in [0.25, 0.3) is 5.56 Å². The molecule has 1 aliphatic heterocycles. The van der Waals surface area contributed by atoms with Crippen molar-refractivity contribution in [2.24, 2.45) is 5.11 Å². The third-order valence-electron chi connectivity index (χ3n) is 5.42. The molecule has 0 saturated carbocycles. The Morgan fingerprint density at radius 1 is 1.36 bits per heavy atom. The second kappa shape index (κ2) is 11.5. The average Bonchev–Trinajstić information content (AvgIpc) is 3.23. The van der Waals surface area contributed by atoms with Crippen molar-refractivity contribution in [1.29, 1.82) is 0 Å². The van der Waals surface area contributed by atoms with Gasteiger partial charge in [0, 0.05) is 23.1 Å². The summed E-state index contributed by atoms with van der Waals surface area (Å²) in [5, 5.41) is 6.24. The van der Waals surface area contributed by atoms with Crippen molar-refractivity contribution in [3.05, 3.63) is 72.9 Å². The fraction of sp³-hybridized carbons (Fsp3) is 0.476. The number of methoxy groups -OCH3 is 1. The van der Waals surface area contributed by atoms with Gasteiger partial charge in [-0.25, -0.2) is 9.36 Å². The number of nitrogens with one attached hydrogen (secondary N) is 2.